The second-order valence-electron chi connectivity index (χ2n) is 3.92. The highest BCUT2D eigenvalue weighted by molar-refractivity contribution is 5.94. The van der Waals surface area contributed by atoms with Crippen molar-refractivity contribution >= 4 is 12.2 Å². The van der Waals surface area contributed by atoms with Gasteiger partial charge in [0.2, 0.25) is 0 Å². The topological polar surface area (TPSA) is 55.4 Å². The third-order valence-corrected chi connectivity index (χ3v) is 2.15. The number of hydrogen-bond donors (Lipinski definition) is 1. The molecule has 0 saturated carbocycles. The largest absolute Gasteiger partial charge is 0.377 e. The quantitative estimate of drug-likeness (QED) is 0.602. The minimum absolute atomic E-state index is 0.158. The lowest BCUT2D eigenvalue weighted by Gasteiger charge is -2.08. The summed E-state index contributed by atoms with van der Waals surface area (Å²) in [6.45, 7) is 4.86. The van der Waals surface area contributed by atoms with E-state index < -0.39 is 0 Å². The Morgan fingerprint density at radius 3 is 2.53 bits per heavy atom. The second kappa shape index (κ2) is 6.81. The lowest BCUT2D eigenvalue weighted by Crippen LogP contribution is -2.28. The molecule has 1 rings (SSSR count). The number of ether oxygens (including phenoxy) is 1. The summed E-state index contributed by atoms with van der Waals surface area (Å²) < 4.78 is 5.30. The van der Waals surface area contributed by atoms with Crippen molar-refractivity contribution in [3.63, 3.8) is 0 Å². The van der Waals surface area contributed by atoms with Gasteiger partial charge in [0.15, 0.2) is 0 Å². The van der Waals surface area contributed by atoms with Crippen molar-refractivity contribution in [1.29, 1.82) is 0 Å². The summed E-state index contributed by atoms with van der Waals surface area (Å²) in [7, 11) is 0. The molecule has 0 aliphatic carbocycles. The van der Waals surface area contributed by atoms with E-state index in [9.17, 15) is 9.59 Å². The van der Waals surface area contributed by atoms with Gasteiger partial charge in [0.05, 0.1) is 12.7 Å². The standard InChI is InChI=1S/C13H17NO3/c1-10(2)17-8-7-14-13(16)12-5-3-11(9-15)4-6-12/h3-6,9-10H,7-8H2,1-2H3,(H,14,16). The molecule has 0 saturated heterocycles. The fraction of sp³-hybridized carbons (Fsp3) is 0.385. The number of aldehydes is 1. The third-order valence-electron chi connectivity index (χ3n) is 2.15. The van der Waals surface area contributed by atoms with Crippen LogP contribution in [0.5, 0.6) is 0 Å². The minimum Gasteiger partial charge on any atom is -0.377 e. The normalized spacial score (nSPS) is 10.3. The van der Waals surface area contributed by atoms with Gasteiger partial charge >= 0.3 is 0 Å². The highest BCUT2D eigenvalue weighted by Gasteiger charge is 2.04. The number of rotatable bonds is 6. The van der Waals surface area contributed by atoms with Crippen molar-refractivity contribution in [3.05, 3.63) is 35.4 Å². The van der Waals surface area contributed by atoms with Crippen LogP contribution in [0.4, 0.5) is 0 Å². The van der Waals surface area contributed by atoms with Gasteiger partial charge in [0.25, 0.3) is 5.91 Å². The highest BCUT2D eigenvalue weighted by Crippen LogP contribution is 2.02. The monoisotopic (exact) mass is 235 g/mol. The first-order valence-electron chi connectivity index (χ1n) is 5.58. The maximum Gasteiger partial charge on any atom is 0.251 e. The summed E-state index contributed by atoms with van der Waals surface area (Å²) in [5, 5.41) is 2.74. The van der Waals surface area contributed by atoms with Crippen molar-refractivity contribution in [2.24, 2.45) is 0 Å². The molecule has 4 heteroatoms. The molecule has 0 radical (unpaired) electrons. The van der Waals surface area contributed by atoms with E-state index in [4.69, 9.17) is 4.74 Å². The van der Waals surface area contributed by atoms with E-state index in [0.717, 1.165) is 6.29 Å². The van der Waals surface area contributed by atoms with E-state index in [0.29, 0.717) is 24.3 Å². The van der Waals surface area contributed by atoms with Crippen LogP contribution in [0, 0.1) is 0 Å². The average Bonchev–Trinajstić information content (AvgIpc) is 2.34. The Bertz CT molecular complexity index is 371. The molecular weight excluding hydrogens is 218 g/mol. The van der Waals surface area contributed by atoms with Crippen LogP contribution in [0.25, 0.3) is 0 Å². The summed E-state index contributed by atoms with van der Waals surface area (Å²) in [5.74, 6) is -0.158. The SMILES string of the molecule is CC(C)OCCNC(=O)c1ccc(C=O)cc1. The van der Waals surface area contributed by atoms with Gasteiger partial charge in [-0.05, 0) is 26.0 Å². The molecule has 0 heterocycles. The Labute approximate surface area is 101 Å². The van der Waals surface area contributed by atoms with Crippen LogP contribution in [0.15, 0.2) is 24.3 Å². The summed E-state index contributed by atoms with van der Waals surface area (Å²) in [6, 6.07) is 6.49. The summed E-state index contributed by atoms with van der Waals surface area (Å²) in [6.07, 6.45) is 0.914. The van der Waals surface area contributed by atoms with Crippen LogP contribution >= 0.6 is 0 Å². The van der Waals surface area contributed by atoms with Crippen molar-refractivity contribution in [2.45, 2.75) is 20.0 Å². The Balaban J connectivity index is 2.38. The summed E-state index contributed by atoms with van der Waals surface area (Å²) in [5.41, 5.74) is 1.10. The molecule has 4 nitrogen and oxygen atoms in total. The first-order valence-corrected chi connectivity index (χ1v) is 5.58. The van der Waals surface area contributed by atoms with Crippen LogP contribution in [-0.4, -0.2) is 31.4 Å². The molecule has 0 aromatic heterocycles. The molecule has 1 aromatic carbocycles. The molecule has 0 aliphatic heterocycles. The van der Waals surface area contributed by atoms with E-state index in [-0.39, 0.29) is 12.0 Å². The number of hydrogen-bond acceptors (Lipinski definition) is 3. The molecule has 17 heavy (non-hydrogen) atoms. The molecule has 0 fully saturated rings. The third kappa shape index (κ3) is 4.78. The van der Waals surface area contributed by atoms with Crippen molar-refractivity contribution < 1.29 is 14.3 Å². The molecule has 1 amide bonds. The van der Waals surface area contributed by atoms with E-state index in [1.54, 1.807) is 24.3 Å². The van der Waals surface area contributed by atoms with Gasteiger partial charge in [-0.2, -0.15) is 0 Å². The van der Waals surface area contributed by atoms with Crippen LogP contribution < -0.4 is 5.32 Å². The van der Waals surface area contributed by atoms with Gasteiger partial charge in [-0.3, -0.25) is 9.59 Å². The van der Waals surface area contributed by atoms with Gasteiger partial charge in [0.1, 0.15) is 6.29 Å². The van der Waals surface area contributed by atoms with Crippen LogP contribution in [0.3, 0.4) is 0 Å². The van der Waals surface area contributed by atoms with Crippen LogP contribution in [0.1, 0.15) is 34.6 Å². The number of nitrogens with one attached hydrogen (secondary N) is 1. The maximum atomic E-state index is 11.6. The minimum atomic E-state index is -0.158. The second-order valence-corrected chi connectivity index (χ2v) is 3.92. The lowest BCUT2D eigenvalue weighted by atomic mass is 10.1. The first-order chi connectivity index (χ1) is 8.13. The van der Waals surface area contributed by atoms with E-state index in [2.05, 4.69) is 5.32 Å². The summed E-state index contributed by atoms with van der Waals surface area (Å²) >= 11 is 0. The van der Waals surface area contributed by atoms with E-state index in [1.807, 2.05) is 13.8 Å². The molecule has 0 bridgehead atoms. The van der Waals surface area contributed by atoms with Crippen molar-refractivity contribution in [3.8, 4) is 0 Å². The van der Waals surface area contributed by atoms with Crippen molar-refractivity contribution in [1.82, 2.24) is 5.32 Å². The molecule has 0 spiro atoms. The predicted molar refractivity (Wildman–Crippen MR) is 65.3 cm³/mol. The zero-order chi connectivity index (χ0) is 12.7. The number of carbonyl (C=O) groups excluding carboxylic acids is 2. The zero-order valence-corrected chi connectivity index (χ0v) is 10.1. The first kappa shape index (κ1) is 13.4. The zero-order valence-electron chi connectivity index (χ0n) is 10.1. The van der Waals surface area contributed by atoms with E-state index >= 15 is 0 Å². The Morgan fingerprint density at radius 1 is 1.35 bits per heavy atom. The molecule has 92 valence electrons. The fourth-order valence-corrected chi connectivity index (χ4v) is 1.27. The summed E-state index contributed by atoms with van der Waals surface area (Å²) in [4.78, 5) is 22.1. The molecule has 0 aliphatic rings. The predicted octanol–water partition coefficient (Wildman–Crippen LogP) is 1.65. The molecular formula is C13H17NO3. The Kier molecular flexibility index (Phi) is 5.36. The fourth-order valence-electron chi connectivity index (χ4n) is 1.27. The maximum absolute atomic E-state index is 11.6. The van der Waals surface area contributed by atoms with Crippen LogP contribution in [0.2, 0.25) is 0 Å². The van der Waals surface area contributed by atoms with Gasteiger partial charge in [0, 0.05) is 17.7 Å². The smallest absolute Gasteiger partial charge is 0.251 e. The van der Waals surface area contributed by atoms with E-state index in [1.165, 1.54) is 0 Å². The lowest BCUT2D eigenvalue weighted by molar-refractivity contribution is 0.0746. The number of benzene rings is 1. The molecule has 0 unspecified atom stereocenters. The number of amides is 1. The highest BCUT2D eigenvalue weighted by atomic mass is 16.5. The molecule has 1 N–H and O–H groups in total. The van der Waals surface area contributed by atoms with Gasteiger partial charge in [-0.25, -0.2) is 0 Å². The van der Waals surface area contributed by atoms with Gasteiger partial charge in [-0.1, -0.05) is 12.1 Å². The Hall–Kier alpha value is -1.68. The van der Waals surface area contributed by atoms with Crippen LogP contribution in [-0.2, 0) is 4.74 Å². The Morgan fingerprint density at radius 2 is 2.00 bits per heavy atom. The molecule has 0 atom stereocenters. The van der Waals surface area contributed by atoms with Gasteiger partial charge < -0.3 is 10.1 Å². The average molecular weight is 235 g/mol. The van der Waals surface area contributed by atoms with Crippen molar-refractivity contribution in [2.75, 3.05) is 13.2 Å². The molecule has 1 aromatic rings. The van der Waals surface area contributed by atoms with Gasteiger partial charge in [-0.15, -0.1) is 0 Å². The number of carbonyl (C=O) groups is 2.